The Bertz CT molecular complexity index is 536. The number of unbranched alkanes of at least 4 members (excludes halogenated alkanes) is 1. The summed E-state index contributed by atoms with van der Waals surface area (Å²) >= 11 is 1.54. The van der Waals surface area contributed by atoms with Crippen LogP contribution in [0.1, 0.15) is 30.2 Å². The maximum absolute atomic E-state index is 10.0. The van der Waals surface area contributed by atoms with E-state index in [1.165, 1.54) is 24.9 Å². The number of aryl methyl sites for hydroxylation is 1. The van der Waals surface area contributed by atoms with Crippen LogP contribution in [0, 0.1) is 0 Å². The van der Waals surface area contributed by atoms with Gasteiger partial charge in [0.2, 0.25) is 0 Å². The highest BCUT2D eigenvalue weighted by molar-refractivity contribution is 7.15. The van der Waals surface area contributed by atoms with Crippen LogP contribution in [0.2, 0.25) is 0 Å². The minimum atomic E-state index is 0.247. The van der Waals surface area contributed by atoms with E-state index in [1.54, 1.807) is 17.5 Å². The smallest absolute Gasteiger partial charge is 0.417 e. The van der Waals surface area contributed by atoms with Gasteiger partial charge in [-0.25, -0.2) is 9.78 Å². The van der Waals surface area contributed by atoms with Gasteiger partial charge in [0.1, 0.15) is 11.6 Å². The third-order valence-corrected chi connectivity index (χ3v) is 3.84. The Kier molecular flexibility index (Phi) is 5.10. The lowest BCUT2D eigenvalue weighted by Crippen LogP contribution is -1.85. The van der Waals surface area contributed by atoms with E-state index in [0.29, 0.717) is 0 Å². The third kappa shape index (κ3) is 3.89. The molecule has 1 radical (unpaired) electrons. The predicted molar refractivity (Wildman–Crippen MR) is 76.6 cm³/mol. The van der Waals surface area contributed by atoms with E-state index in [9.17, 15) is 4.79 Å². The molecule has 0 bridgehead atoms. The summed E-state index contributed by atoms with van der Waals surface area (Å²) in [4.78, 5) is 15.3. The van der Waals surface area contributed by atoms with Crippen LogP contribution in [0.5, 0.6) is 0 Å². The zero-order valence-corrected chi connectivity index (χ0v) is 11.7. The topological polar surface area (TPSA) is 39.2 Å². The van der Waals surface area contributed by atoms with Gasteiger partial charge < -0.3 is 4.74 Å². The summed E-state index contributed by atoms with van der Waals surface area (Å²) in [7, 11) is 0. The van der Waals surface area contributed by atoms with Crippen molar-refractivity contribution in [2.24, 2.45) is 0 Å². The van der Waals surface area contributed by atoms with Gasteiger partial charge in [-0.2, -0.15) is 0 Å². The molecule has 0 N–H and O–H groups in total. The number of rotatable bonds is 7. The van der Waals surface area contributed by atoms with Crippen molar-refractivity contribution in [3.63, 3.8) is 0 Å². The van der Waals surface area contributed by atoms with Crippen molar-refractivity contribution in [2.75, 3.05) is 0 Å². The van der Waals surface area contributed by atoms with E-state index in [4.69, 9.17) is 0 Å². The number of hydrogen-bond acceptors (Lipinski definition) is 4. The highest BCUT2D eigenvalue weighted by atomic mass is 32.1. The number of hydrogen-bond donors (Lipinski definition) is 0. The van der Waals surface area contributed by atoms with E-state index < -0.39 is 0 Å². The van der Waals surface area contributed by atoms with Crippen LogP contribution in [0.4, 0.5) is 0 Å². The molecule has 0 aliphatic rings. The molecule has 0 aliphatic carbocycles. The molecule has 0 saturated heterocycles. The molecule has 99 valence electrons. The number of benzene rings is 1. The van der Waals surface area contributed by atoms with Gasteiger partial charge in [0.05, 0.1) is 4.88 Å². The van der Waals surface area contributed by atoms with Crippen molar-refractivity contribution in [1.82, 2.24) is 4.98 Å². The van der Waals surface area contributed by atoms with Crippen LogP contribution in [0.25, 0.3) is 10.6 Å². The maximum Gasteiger partial charge on any atom is 0.417 e. The minimum absolute atomic E-state index is 0.247. The summed E-state index contributed by atoms with van der Waals surface area (Å²) in [6.07, 6.45) is 5.25. The Morgan fingerprint density at radius 3 is 3.11 bits per heavy atom. The molecule has 0 unspecified atom stereocenters. The lowest BCUT2D eigenvalue weighted by Gasteiger charge is -2.02. The van der Waals surface area contributed by atoms with Crippen LogP contribution in [0.15, 0.2) is 30.5 Å². The molecule has 2 rings (SSSR count). The first kappa shape index (κ1) is 13.7. The lowest BCUT2D eigenvalue weighted by atomic mass is 10.1. The predicted octanol–water partition coefficient (Wildman–Crippen LogP) is 3.74. The van der Waals surface area contributed by atoms with Gasteiger partial charge in [-0.1, -0.05) is 31.5 Å². The van der Waals surface area contributed by atoms with Crippen molar-refractivity contribution in [3.05, 3.63) is 40.9 Å². The molecule has 0 amide bonds. The Morgan fingerprint density at radius 2 is 2.32 bits per heavy atom. The largest absolute Gasteiger partial charge is 0.451 e. The molecule has 0 spiro atoms. The summed E-state index contributed by atoms with van der Waals surface area (Å²) in [6, 6.07) is 8.46. The number of aromatic nitrogens is 1. The van der Waals surface area contributed by atoms with Gasteiger partial charge in [-0.05, 0) is 24.5 Å². The molecule has 0 fully saturated rings. The molecule has 4 heteroatoms. The molecule has 3 nitrogen and oxygen atoms in total. The Balaban J connectivity index is 2.12. The van der Waals surface area contributed by atoms with Gasteiger partial charge >= 0.3 is 6.47 Å². The molecular weight excluding hydrogens is 258 g/mol. The average Bonchev–Trinajstić information content (AvgIpc) is 2.92. The molecule has 0 aliphatic heterocycles. The molecule has 1 aromatic carbocycles. The van der Waals surface area contributed by atoms with E-state index in [1.807, 2.05) is 0 Å². The normalized spacial score (nSPS) is 10.4. The second kappa shape index (κ2) is 7.04. The zero-order valence-electron chi connectivity index (χ0n) is 10.9. The Hall–Kier alpha value is -1.68. The van der Waals surface area contributed by atoms with Gasteiger partial charge in [-0.3, -0.25) is 0 Å². The molecule has 0 saturated carbocycles. The van der Waals surface area contributed by atoms with Crippen LogP contribution in [-0.4, -0.2) is 11.5 Å². The first-order valence-corrected chi connectivity index (χ1v) is 7.18. The second-order valence-electron chi connectivity index (χ2n) is 4.31. The summed E-state index contributed by atoms with van der Waals surface area (Å²) < 4.78 is 4.61. The monoisotopic (exact) mass is 274 g/mol. The van der Waals surface area contributed by atoms with E-state index in [-0.39, 0.29) is 6.61 Å². The molecular formula is C15H16NO2S. The summed E-state index contributed by atoms with van der Waals surface area (Å²) in [5.41, 5.74) is 2.47. The summed E-state index contributed by atoms with van der Waals surface area (Å²) in [5.74, 6) is 0. The number of ether oxygens (including phenoxy) is 1. The molecule has 1 heterocycles. The molecule has 0 atom stereocenters. The van der Waals surface area contributed by atoms with Gasteiger partial charge in [0, 0.05) is 11.8 Å². The molecule has 2 aromatic rings. The Labute approximate surface area is 117 Å². The fraction of sp³-hybridized carbons (Fsp3) is 0.333. The van der Waals surface area contributed by atoms with Crippen LogP contribution in [-0.2, 0) is 22.6 Å². The highest BCUT2D eigenvalue weighted by Crippen LogP contribution is 2.26. The van der Waals surface area contributed by atoms with Crippen LogP contribution >= 0.6 is 11.3 Å². The molecule has 19 heavy (non-hydrogen) atoms. The second-order valence-corrected chi connectivity index (χ2v) is 5.42. The number of carbonyl (C=O) groups excluding carboxylic acids is 1. The van der Waals surface area contributed by atoms with Gasteiger partial charge in [0.25, 0.3) is 0 Å². The van der Waals surface area contributed by atoms with Crippen molar-refractivity contribution in [3.8, 4) is 10.6 Å². The SMILES string of the molecule is CCCCc1cccc(-c2ncc(CO[C]=O)s2)c1. The van der Waals surface area contributed by atoms with Crippen molar-refractivity contribution in [1.29, 1.82) is 0 Å². The third-order valence-electron chi connectivity index (χ3n) is 2.82. The van der Waals surface area contributed by atoms with Crippen molar-refractivity contribution >= 4 is 17.8 Å². The minimum Gasteiger partial charge on any atom is -0.451 e. The van der Waals surface area contributed by atoms with Crippen LogP contribution < -0.4 is 0 Å². The van der Waals surface area contributed by atoms with E-state index >= 15 is 0 Å². The van der Waals surface area contributed by atoms with Crippen LogP contribution in [0.3, 0.4) is 0 Å². The fourth-order valence-corrected chi connectivity index (χ4v) is 2.67. The van der Waals surface area contributed by atoms with Gasteiger partial charge in [0.15, 0.2) is 0 Å². The average molecular weight is 274 g/mol. The highest BCUT2D eigenvalue weighted by Gasteiger charge is 2.06. The van der Waals surface area contributed by atoms with Crippen molar-refractivity contribution < 1.29 is 9.53 Å². The quantitative estimate of drug-likeness (QED) is 0.772. The standard InChI is InChI=1S/C15H16NO2S/c1-2-3-5-12-6-4-7-13(8-12)15-16-9-14(19-15)10-18-11-17/h4,6-9H,2-3,5,10H2,1H3. The van der Waals surface area contributed by atoms with Gasteiger partial charge in [-0.15, -0.1) is 11.3 Å². The summed E-state index contributed by atoms with van der Waals surface area (Å²) in [5, 5.41) is 0.961. The maximum atomic E-state index is 10.0. The first-order valence-electron chi connectivity index (χ1n) is 6.36. The lowest BCUT2D eigenvalue weighted by molar-refractivity contribution is 0.270. The Morgan fingerprint density at radius 1 is 1.42 bits per heavy atom. The van der Waals surface area contributed by atoms with E-state index in [0.717, 1.165) is 21.9 Å². The number of nitrogens with zero attached hydrogens (tertiary/aromatic N) is 1. The first-order chi connectivity index (χ1) is 9.33. The zero-order chi connectivity index (χ0) is 13.5. The molecule has 1 aromatic heterocycles. The fourth-order valence-electron chi connectivity index (χ4n) is 1.85. The summed E-state index contributed by atoms with van der Waals surface area (Å²) in [6.45, 7) is 3.87. The van der Waals surface area contributed by atoms with E-state index in [2.05, 4.69) is 40.9 Å². The van der Waals surface area contributed by atoms with Crippen molar-refractivity contribution in [2.45, 2.75) is 32.8 Å². The number of thiazole rings is 1.